The highest BCUT2D eigenvalue weighted by Crippen LogP contribution is 2.10. The zero-order valence-corrected chi connectivity index (χ0v) is 12.9. The summed E-state index contributed by atoms with van der Waals surface area (Å²) in [7, 11) is 0. The standard InChI is InChI=1S/C17H16N4O3/c1-11(22)15(17(24)19-13-7-3-2-4-8-13)21-20-14-9-5-6-12(10-14)16(18)23/h2-10,20H,1H3,(H2,18,23)(H,19,24)/b21-15-. The van der Waals surface area contributed by atoms with Gasteiger partial charge in [0.15, 0.2) is 11.5 Å². The van der Waals surface area contributed by atoms with E-state index in [1.165, 1.54) is 13.0 Å². The summed E-state index contributed by atoms with van der Waals surface area (Å²) in [6.45, 7) is 1.24. The number of carbonyl (C=O) groups excluding carboxylic acids is 3. The minimum Gasteiger partial charge on any atom is -0.366 e. The SMILES string of the molecule is CC(=O)/C(=N/Nc1cccc(C(N)=O)c1)C(=O)Nc1ccccc1. The van der Waals surface area contributed by atoms with E-state index < -0.39 is 17.6 Å². The lowest BCUT2D eigenvalue weighted by molar-refractivity contribution is -0.114. The van der Waals surface area contributed by atoms with E-state index in [0.29, 0.717) is 11.4 Å². The first-order chi connectivity index (χ1) is 11.5. The molecule has 0 bridgehead atoms. The Balaban J connectivity index is 2.16. The number of Topliss-reactive ketones (excluding diaryl/α,β-unsaturated/α-hetero) is 1. The van der Waals surface area contributed by atoms with Gasteiger partial charge < -0.3 is 11.1 Å². The van der Waals surface area contributed by atoms with Crippen LogP contribution in [-0.2, 0) is 9.59 Å². The molecule has 0 aliphatic heterocycles. The monoisotopic (exact) mass is 324 g/mol. The Morgan fingerprint density at radius 1 is 0.958 bits per heavy atom. The van der Waals surface area contributed by atoms with Crippen LogP contribution < -0.4 is 16.5 Å². The molecule has 0 aromatic heterocycles. The Hall–Kier alpha value is -3.48. The van der Waals surface area contributed by atoms with Gasteiger partial charge in [-0.2, -0.15) is 5.10 Å². The molecule has 0 spiro atoms. The van der Waals surface area contributed by atoms with Crippen molar-refractivity contribution in [3.63, 3.8) is 0 Å². The van der Waals surface area contributed by atoms with Crippen molar-refractivity contribution in [1.29, 1.82) is 0 Å². The molecule has 0 saturated heterocycles. The van der Waals surface area contributed by atoms with Gasteiger partial charge in [0, 0.05) is 18.2 Å². The molecule has 0 aliphatic carbocycles. The van der Waals surface area contributed by atoms with E-state index >= 15 is 0 Å². The predicted octanol–water partition coefficient (Wildman–Crippen LogP) is 1.78. The van der Waals surface area contributed by atoms with Crippen molar-refractivity contribution in [2.75, 3.05) is 10.7 Å². The Bertz CT molecular complexity index is 800. The maximum absolute atomic E-state index is 12.2. The highest BCUT2D eigenvalue weighted by Gasteiger charge is 2.17. The number of hydrogen-bond donors (Lipinski definition) is 3. The third-order valence-electron chi connectivity index (χ3n) is 3.02. The molecule has 0 radical (unpaired) electrons. The predicted molar refractivity (Wildman–Crippen MR) is 91.8 cm³/mol. The van der Waals surface area contributed by atoms with Crippen LogP contribution in [0.5, 0.6) is 0 Å². The van der Waals surface area contributed by atoms with Gasteiger partial charge >= 0.3 is 0 Å². The van der Waals surface area contributed by atoms with Crippen LogP contribution in [0.4, 0.5) is 11.4 Å². The van der Waals surface area contributed by atoms with Gasteiger partial charge in [-0.3, -0.25) is 19.8 Å². The fourth-order valence-corrected chi connectivity index (χ4v) is 1.86. The van der Waals surface area contributed by atoms with Crippen LogP contribution in [0.3, 0.4) is 0 Å². The molecule has 0 heterocycles. The average Bonchev–Trinajstić information content (AvgIpc) is 2.56. The van der Waals surface area contributed by atoms with Crippen molar-refractivity contribution in [2.45, 2.75) is 6.92 Å². The van der Waals surface area contributed by atoms with Crippen molar-refractivity contribution in [2.24, 2.45) is 10.8 Å². The smallest absolute Gasteiger partial charge is 0.279 e. The number of primary amides is 1. The summed E-state index contributed by atoms with van der Waals surface area (Å²) in [6.07, 6.45) is 0. The first kappa shape index (κ1) is 16.9. The number of rotatable bonds is 6. The van der Waals surface area contributed by atoms with Crippen molar-refractivity contribution < 1.29 is 14.4 Å². The summed E-state index contributed by atoms with van der Waals surface area (Å²) in [4.78, 5) is 35.0. The topological polar surface area (TPSA) is 114 Å². The van der Waals surface area contributed by atoms with Crippen molar-refractivity contribution >= 4 is 34.7 Å². The number of amides is 2. The average molecular weight is 324 g/mol. The molecule has 2 aromatic carbocycles. The first-order valence-electron chi connectivity index (χ1n) is 7.08. The number of hydrazone groups is 1. The quantitative estimate of drug-likeness (QED) is 0.427. The molecular weight excluding hydrogens is 308 g/mol. The summed E-state index contributed by atoms with van der Waals surface area (Å²) < 4.78 is 0. The number of nitrogens with two attached hydrogens (primary N) is 1. The Labute approximate surface area is 138 Å². The van der Waals surface area contributed by atoms with E-state index in [9.17, 15) is 14.4 Å². The second-order valence-corrected chi connectivity index (χ2v) is 4.89. The molecule has 2 amide bonds. The number of ketones is 1. The minimum absolute atomic E-state index is 0.285. The van der Waals surface area contributed by atoms with E-state index in [1.807, 2.05) is 6.07 Å². The summed E-state index contributed by atoms with van der Waals surface area (Å²) >= 11 is 0. The number of hydrogen-bond acceptors (Lipinski definition) is 5. The van der Waals surface area contributed by atoms with Crippen LogP contribution in [0, 0.1) is 0 Å². The van der Waals surface area contributed by atoms with E-state index in [2.05, 4.69) is 15.8 Å². The third-order valence-corrected chi connectivity index (χ3v) is 3.02. The minimum atomic E-state index is -0.632. The van der Waals surface area contributed by atoms with E-state index in [1.54, 1.807) is 42.5 Å². The molecule has 24 heavy (non-hydrogen) atoms. The fraction of sp³-hybridized carbons (Fsp3) is 0.0588. The van der Waals surface area contributed by atoms with Gasteiger partial charge in [0.05, 0.1) is 5.69 Å². The molecule has 2 aromatic rings. The summed E-state index contributed by atoms with van der Waals surface area (Å²) in [5, 5.41) is 6.43. The largest absolute Gasteiger partial charge is 0.366 e. The molecule has 0 saturated carbocycles. The number of carbonyl (C=O) groups is 3. The summed E-state index contributed by atoms with van der Waals surface area (Å²) in [5.74, 6) is -1.72. The lowest BCUT2D eigenvalue weighted by Gasteiger charge is -2.07. The maximum Gasteiger partial charge on any atom is 0.279 e. The molecule has 7 nitrogen and oxygen atoms in total. The van der Waals surface area contributed by atoms with Crippen LogP contribution in [0.15, 0.2) is 59.7 Å². The molecule has 122 valence electrons. The van der Waals surface area contributed by atoms with E-state index in [-0.39, 0.29) is 11.3 Å². The van der Waals surface area contributed by atoms with Gasteiger partial charge in [-0.25, -0.2) is 0 Å². The lowest BCUT2D eigenvalue weighted by atomic mass is 10.2. The summed E-state index contributed by atoms with van der Waals surface area (Å²) in [6, 6.07) is 15.0. The molecule has 0 unspecified atom stereocenters. The molecule has 7 heteroatoms. The zero-order chi connectivity index (χ0) is 17.5. The number of benzene rings is 2. The fourth-order valence-electron chi connectivity index (χ4n) is 1.86. The Kier molecular flexibility index (Phi) is 5.40. The molecule has 4 N–H and O–H groups in total. The second kappa shape index (κ2) is 7.68. The lowest BCUT2D eigenvalue weighted by Crippen LogP contribution is -2.29. The van der Waals surface area contributed by atoms with Crippen LogP contribution in [0.1, 0.15) is 17.3 Å². The number of anilines is 2. The van der Waals surface area contributed by atoms with Crippen LogP contribution in [0.2, 0.25) is 0 Å². The molecule has 0 atom stereocenters. The number of nitrogens with zero attached hydrogens (tertiary/aromatic N) is 1. The van der Waals surface area contributed by atoms with Gasteiger partial charge in [-0.05, 0) is 30.3 Å². The molecular formula is C17H16N4O3. The van der Waals surface area contributed by atoms with Gasteiger partial charge in [0.25, 0.3) is 5.91 Å². The third kappa shape index (κ3) is 4.51. The highest BCUT2D eigenvalue weighted by molar-refractivity contribution is 6.67. The first-order valence-corrected chi connectivity index (χ1v) is 7.08. The van der Waals surface area contributed by atoms with Crippen LogP contribution in [0.25, 0.3) is 0 Å². The number of para-hydroxylation sites is 1. The van der Waals surface area contributed by atoms with Gasteiger partial charge in [-0.15, -0.1) is 0 Å². The van der Waals surface area contributed by atoms with Crippen molar-refractivity contribution in [3.8, 4) is 0 Å². The molecule has 0 fully saturated rings. The van der Waals surface area contributed by atoms with Crippen molar-refractivity contribution in [3.05, 3.63) is 60.2 Å². The van der Waals surface area contributed by atoms with E-state index in [0.717, 1.165) is 0 Å². The second-order valence-electron chi connectivity index (χ2n) is 4.89. The van der Waals surface area contributed by atoms with Crippen LogP contribution in [-0.4, -0.2) is 23.3 Å². The van der Waals surface area contributed by atoms with Crippen LogP contribution >= 0.6 is 0 Å². The van der Waals surface area contributed by atoms with Gasteiger partial charge in [0.1, 0.15) is 0 Å². The Morgan fingerprint density at radius 3 is 2.25 bits per heavy atom. The molecule has 0 aliphatic rings. The maximum atomic E-state index is 12.2. The van der Waals surface area contributed by atoms with Gasteiger partial charge in [-0.1, -0.05) is 24.3 Å². The zero-order valence-electron chi connectivity index (χ0n) is 12.9. The van der Waals surface area contributed by atoms with Gasteiger partial charge in [0.2, 0.25) is 5.91 Å². The Morgan fingerprint density at radius 2 is 1.62 bits per heavy atom. The molecule has 2 rings (SSSR count). The van der Waals surface area contributed by atoms with E-state index in [4.69, 9.17) is 5.73 Å². The highest BCUT2D eigenvalue weighted by atomic mass is 16.2. The normalized spacial score (nSPS) is 10.8. The van der Waals surface area contributed by atoms with Crippen molar-refractivity contribution in [1.82, 2.24) is 0 Å². The number of nitrogens with one attached hydrogen (secondary N) is 2. The summed E-state index contributed by atoms with van der Waals surface area (Å²) in [5.41, 5.74) is 8.76.